The molecule has 0 saturated carbocycles. The third-order valence-electron chi connectivity index (χ3n) is 12.4. The number of aromatic carboxylic acids is 3. The van der Waals surface area contributed by atoms with Gasteiger partial charge < -0.3 is 44.8 Å². The van der Waals surface area contributed by atoms with Crippen molar-refractivity contribution in [1.82, 2.24) is 15.2 Å². The number of halogens is 2. The molecule has 2 heterocycles. The topological polar surface area (TPSA) is 240 Å². The molecule has 2 aliphatic carbocycles. The third-order valence-corrected chi connectivity index (χ3v) is 13.1. The van der Waals surface area contributed by atoms with Gasteiger partial charge in [-0.3, -0.25) is 14.4 Å². The van der Waals surface area contributed by atoms with Crippen molar-refractivity contribution >= 4 is 80.6 Å². The molecule has 2 amide bonds. The summed E-state index contributed by atoms with van der Waals surface area (Å²) in [7, 11) is 7.54. The maximum Gasteiger partial charge on any atom is 0.337 e. The highest BCUT2D eigenvalue weighted by Crippen LogP contribution is 2.48. The van der Waals surface area contributed by atoms with Gasteiger partial charge in [-0.1, -0.05) is 42.8 Å². The molecule has 18 heteroatoms. The van der Waals surface area contributed by atoms with Crippen LogP contribution in [0.15, 0.2) is 129 Å². The van der Waals surface area contributed by atoms with E-state index in [2.05, 4.69) is 10.6 Å². The maximum absolute atomic E-state index is 13.8. The maximum atomic E-state index is 13.8. The number of nitrogens with one attached hydrogen (secondary N) is 2. The number of nitrogens with zero attached hydrogens (tertiary/aromatic N) is 2. The second-order valence-corrected chi connectivity index (χ2v) is 18.2. The van der Waals surface area contributed by atoms with Crippen molar-refractivity contribution in [2.45, 2.75) is 20.5 Å². The molecule has 5 aromatic rings. The van der Waals surface area contributed by atoms with Crippen LogP contribution in [0.1, 0.15) is 70.3 Å². The quantitative estimate of drug-likeness (QED) is 0.0494. The van der Waals surface area contributed by atoms with Gasteiger partial charge in [0.2, 0.25) is 5.36 Å². The summed E-state index contributed by atoms with van der Waals surface area (Å²) in [6, 6.07) is 28.7. The van der Waals surface area contributed by atoms with E-state index in [1.54, 1.807) is 12.1 Å². The molecular formula is C56H45Cl2N4O12+. The van der Waals surface area contributed by atoms with E-state index < -0.39 is 35.2 Å². The van der Waals surface area contributed by atoms with Gasteiger partial charge in [0.15, 0.2) is 5.43 Å². The summed E-state index contributed by atoms with van der Waals surface area (Å²) in [5.41, 5.74) is 2.34. The predicted octanol–water partition coefficient (Wildman–Crippen LogP) is 9.78. The summed E-state index contributed by atoms with van der Waals surface area (Å²) in [6.45, 7) is -0.379. The first kappa shape index (κ1) is 51.4. The summed E-state index contributed by atoms with van der Waals surface area (Å²) >= 11 is 13.9. The fourth-order valence-corrected chi connectivity index (χ4v) is 9.38. The summed E-state index contributed by atoms with van der Waals surface area (Å²) in [5.74, 6) is -5.18. The molecule has 0 bridgehead atoms. The second kappa shape index (κ2) is 20.3. The average molecular weight is 1040 g/mol. The van der Waals surface area contributed by atoms with Crippen molar-refractivity contribution in [1.29, 1.82) is 0 Å². The molecule has 0 atom stereocenters. The van der Waals surface area contributed by atoms with E-state index in [4.69, 9.17) is 32.0 Å². The first-order chi connectivity index (χ1) is 34.8. The predicted molar refractivity (Wildman–Crippen MR) is 282 cm³/mol. The van der Waals surface area contributed by atoms with Crippen molar-refractivity contribution in [3.63, 3.8) is 0 Å². The van der Waals surface area contributed by atoms with E-state index in [-0.39, 0.29) is 103 Å². The number of amides is 2. The van der Waals surface area contributed by atoms with Crippen LogP contribution in [-0.2, 0) is 13.1 Å². The highest BCUT2D eigenvalue weighted by Gasteiger charge is 2.30. The van der Waals surface area contributed by atoms with Gasteiger partial charge in [0.1, 0.15) is 42.5 Å². The lowest BCUT2D eigenvalue weighted by atomic mass is 9.89. The zero-order valence-electron chi connectivity index (χ0n) is 39.1. The number of carbonyl (C=O) groups excluding carboxylic acids is 2. The lowest BCUT2D eigenvalue weighted by molar-refractivity contribution is 0.0682. The molecule has 0 fully saturated rings. The minimum Gasteiger partial charge on any atom is -0.507 e. The monoisotopic (exact) mass is 1040 g/mol. The Morgan fingerprint density at radius 1 is 0.622 bits per heavy atom. The van der Waals surface area contributed by atoms with Crippen LogP contribution < -0.4 is 30.9 Å². The zero-order chi connectivity index (χ0) is 52.2. The first-order valence-electron chi connectivity index (χ1n) is 22.2. The molecule has 0 aromatic heterocycles. The summed E-state index contributed by atoms with van der Waals surface area (Å²) in [6.07, 6.45) is 0. The number of carboxylic acid groups (broad SMARTS) is 3. The SMILES string of the molecule is C.CN(C)c1ccc2c(-c3c(Cl)cc(C(=O)NCc4ccc(C(=O)NCc5c(O)ccc6c(-c7cc(C(=O)O)ccc7C(=O)O)c7ccc(=O)cc-7oc56)cc4)c(Cl)c3C(=O)O)c3ccc(=[N+](C)C)cc-3oc2c1. The molecule has 0 radical (unpaired) electrons. The number of hydrogen-bond donors (Lipinski definition) is 6. The van der Waals surface area contributed by atoms with Gasteiger partial charge in [0.25, 0.3) is 11.8 Å². The van der Waals surface area contributed by atoms with Crippen molar-refractivity contribution in [3.8, 4) is 50.7 Å². The van der Waals surface area contributed by atoms with Crippen LogP contribution in [0.3, 0.4) is 0 Å². The van der Waals surface area contributed by atoms with Crippen molar-refractivity contribution in [2.24, 2.45) is 0 Å². The number of aromatic hydroxyl groups is 1. The fraction of sp³-hybridized carbons (Fsp3) is 0.125. The van der Waals surface area contributed by atoms with Crippen LogP contribution in [-0.4, -0.2) is 78.3 Å². The van der Waals surface area contributed by atoms with Gasteiger partial charge >= 0.3 is 17.9 Å². The zero-order valence-corrected chi connectivity index (χ0v) is 40.6. The number of carboxylic acids is 3. The Balaban J connectivity index is 0.00000729. The lowest BCUT2D eigenvalue weighted by Gasteiger charge is -2.21. The number of phenolic OH excluding ortho intramolecular Hbond substituents is 1. The molecule has 4 aliphatic rings. The lowest BCUT2D eigenvalue weighted by Crippen LogP contribution is -2.25. The number of hydrogen-bond acceptors (Lipinski definition) is 10. The van der Waals surface area contributed by atoms with E-state index in [0.717, 1.165) is 17.1 Å². The van der Waals surface area contributed by atoms with E-state index in [0.29, 0.717) is 39.0 Å². The highest BCUT2D eigenvalue weighted by atomic mass is 35.5. The Hall–Kier alpha value is -8.99. The largest absolute Gasteiger partial charge is 0.507 e. The Morgan fingerprint density at radius 2 is 1.28 bits per heavy atom. The van der Waals surface area contributed by atoms with E-state index >= 15 is 0 Å². The van der Waals surface area contributed by atoms with Gasteiger partial charge in [0, 0.05) is 88.7 Å². The molecular weight excluding hydrogens is 992 g/mol. The molecule has 2 aliphatic heterocycles. The van der Waals surface area contributed by atoms with Crippen LogP contribution >= 0.6 is 23.2 Å². The number of benzene rings is 7. The van der Waals surface area contributed by atoms with Crippen molar-refractivity contribution in [3.05, 3.63) is 180 Å². The number of rotatable bonds is 12. The van der Waals surface area contributed by atoms with Crippen LogP contribution in [0.25, 0.3) is 66.8 Å². The van der Waals surface area contributed by atoms with Crippen LogP contribution in [0.2, 0.25) is 10.0 Å². The Kier molecular flexibility index (Phi) is 14.1. The molecule has 74 heavy (non-hydrogen) atoms. The van der Waals surface area contributed by atoms with Crippen LogP contribution in [0.4, 0.5) is 5.69 Å². The molecule has 0 saturated heterocycles. The molecule has 0 spiro atoms. The highest BCUT2D eigenvalue weighted by molar-refractivity contribution is 6.41. The molecule has 5 aromatic carbocycles. The van der Waals surface area contributed by atoms with Gasteiger partial charge in [-0.15, -0.1) is 0 Å². The first-order valence-corrected chi connectivity index (χ1v) is 23.0. The van der Waals surface area contributed by atoms with Gasteiger partial charge in [-0.05, 0) is 90.0 Å². The second-order valence-electron chi connectivity index (χ2n) is 17.4. The van der Waals surface area contributed by atoms with E-state index in [9.17, 15) is 49.2 Å². The average Bonchev–Trinajstić information content (AvgIpc) is 3.36. The Morgan fingerprint density at radius 3 is 1.96 bits per heavy atom. The number of phenols is 1. The van der Waals surface area contributed by atoms with Gasteiger partial charge in [-0.25, -0.2) is 19.0 Å². The smallest absolute Gasteiger partial charge is 0.337 e. The van der Waals surface area contributed by atoms with Crippen LogP contribution in [0, 0.1) is 0 Å². The van der Waals surface area contributed by atoms with E-state index in [1.165, 1.54) is 60.7 Å². The van der Waals surface area contributed by atoms with Gasteiger partial charge in [-0.2, -0.15) is 0 Å². The van der Waals surface area contributed by atoms with Crippen molar-refractivity contribution in [2.75, 3.05) is 33.1 Å². The Bertz CT molecular complexity index is 3890. The molecule has 16 nitrogen and oxygen atoms in total. The summed E-state index contributed by atoms with van der Waals surface area (Å²) < 4.78 is 14.5. The van der Waals surface area contributed by atoms with Crippen LogP contribution in [0.5, 0.6) is 5.75 Å². The van der Waals surface area contributed by atoms with E-state index in [1.807, 2.05) is 74.1 Å². The summed E-state index contributed by atoms with van der Waals surface area (Å²) in [4.78, 5) is 79.4. The standard InChI is InChI=1S/C55H40Cl2N4O12.CH4/c1-60(2)29-10-14-34-42(20-29)72-43-21-30(61(3)4)11-15-35(43)46(34)47-40(56)23-38(49(57)48(47)55(70)71)52(65)58-24-26-5-7-27(8-6-26)51(64)59-25-39-41(63)18-17-36-45(33-16-12-31(62)22-44(33)73-50(36)39)37-19-28(53(66)67)9-13-32(37)54(68)69;/h5-23H,24-25H2,1-4H3,(H5-,58,59,62,63,64,65,66,67,68,69,70,71);1H4/p+1. The Labute approximate surface area is 431 Å². The normalized spacial score (nSPS) is 11.1. The number of anilines is 1. The van der Waals surface area contributed by atoms with Crippen molar-refractivity contribution < 1.29 is 53.2 Å². The molecule has 0 unspecified atom stereocenters. The minimum atomic E-state index is -1.42. The summed E-state index contributed by atoms with van der Waals surface area (Å²) in [5, 5.41) is 48.5. The minimum absolute atomic E-state index is 0. The molecule has 9 rings (SSSR count). The molecule has 6 N–H and O–H groups in total. The number of carbonyl (C=O) groups is 5. The van der Waals surface area contributed by atoms with Gasteiger partial charge in [0.05, 0.1) is 50.5 Å². The third kappa shape index (κ3) is 9.46. The number of fused-ring (bicyclic) bond motifs is 4. The molecule has 374 valence electrons. The fourth-order valence-electron chi connectivity index (χ4n) is 8.76.